The van der Waals surface area contributed by atoms with E-state index in [1.165, 1.54) is 0 Å². The van der Waals surface area contributed by atoms with Gasteiger partial charge in [0, 0.05) is 35.8 Å². The van der Waals surface area contributed by atoms with E-state index in [1.807, 2.05) is 6.07 Å². The molecule has 1 heterocycles. The highest BCUT2D eigenvalue weighted by molar-refractivity contribution is 9.10. The molecule has 0 saturated carbocycles. The third-order valence-electron chi connectivity index (χ3n) is 3.86. The first-order chi connectivity index (χ1) is 9.52. The summed E-state index contributed by atoms with van der Waals surface area (Å²) in [4.78, 5) is 12.8. The Morgan fingerprint density at radius 2 is 2.30 bits per heavy atom. The predicted octanol–water partition coefficient (Wildman–Crippen LogP) is 3.26. The van der Waals surface area contributed by atoms with Gasteiger partial charge in [0.05, 0.1) is 10.6 Å². The van der Waals surface area contributed by atoms with Crippen molar-refractivity contribution in [1.29, 1.82) is 0 Å². The Morgan fingerprint density at radius 1 is 1.55 bits per heavy atom. The van der Waals surface area contributed by atoms with E-state index in [2.05, 4.69) is 20.8 Å². The van der Waals surface area contributed by atoms with Gasteiger partial charge in [-0.1, -0.05) is 0 Å². The Morgan fingerprint density at radius 3 is 2.95 bits per heavy atom. The number of hydrogen-bond donors (Lipinski definition) is 1. The summed E-state index contributed by atoms with van der Waals surface area (Å²) in [6, 6.07) is 3.46. The zero-order valence-corrected chi connectivity index (χ0v) is 13.1. The van der Waals surface area contributed by atoms with Crippen molar-refractivity contribution in [3.63, 3.8) is 0 Å². The lowest BCUT2D eigenvalue weighted by Crippen LogP contribution is -2.36. The van der Waals surface area contributed by atoms with Gasteiger partial charge < -0.3 is 10.0 Å². The molecule has 1 unspecified atom stereocenters. The van der Waals surface area contributed by atoms with E-state index < -0.39 is 0 Å². The molecule has 6 heteroatoms. The van der Waals surface area contributed by atoms with Gasteiger partial charge in [-0.2, -0.15) is 0 Å². The maximum absolute atomic E-state index is 10.9. The molecule has 0 radical (unpaired) electrons. The van der Waals surface area contributed by atoms with Crippen molar-refractivity contribution in [3.8, 4) is 0 Å². The van der Waals surface area contributed by atoms with Gasteiger partial charge in [0.2, 0.25) is 0 Å². The highest BCUT2D eigenvalue weighted by Gasteiger charge is 2.23. The molecular formula is C14H19BrN2O3. The Bertz CT molecular complexity index is 505. The van der Waals surface area contributed by atoms with Crippen molar-refractivity contribution in [1.82, 2.24) is 0 Å². The maximum Gasteiger partial charge on any atom is 0.273 e. The summed E-state index contributed by atoms with van der Waals surface area (Å²) in [6.45, 7) is 3.84. The largest absolute Gasteiger partial charge is 0.396 e. The second-order valence-electron chi connectivity index (χ2n) is 5.31. The zero-order chi connectivity index (χ0) is 14.7. The molecule has 0 bridgehead atoms. The molecule has 0 spiro atoms. The molecule has 1 saturated heterocycles. The lowest BCUT2D eigenvalue weighted by molar-refractivity contribution is -0.385. The third kappa shape index (κ3) is 3.30. The number of nitro groups is 1. The highest BCUT2D eigenvalue weighted by atomic mass is 79.9. The molecule has 0 amide bonds. The van der Waals surface area contributed by atoms with Crippen molar-refractivity contribution in [2.75, 3.05) is 24.6 Å². The van der Waals surface area contributed by atoms with Gasteiger partial charge in [0.1, 0.15) is 0 Å². The smallest absolute Gasteiger partial charge is 0.273 e. The Kier molecular flexibility index (Phi) is 4.99. The number of halogens is 1. The summed E-state index contributed by atoms with van der Waals surface area (Å²) >= 11 is 3.45. The van der Waals surface area contributed by atoms with E-state index in [4.69, 9.17) is 5.11 Å². The van der Waals surface area contributed by atoms with Crippen LogP contribution in [0.2, 0.25) is 0 Å². The van der Waals surface area contributed by atoms with Crippen LogP contribution >= 0.6 is 15.9 Å². The first-order valence-electron chi connectivity index (χ1n) is 6.83. The first-order valence-corrected chi connectivity index (χ1v) is 7.62. The molecule has 1 fully saturated rings. The molecule has 1 aromatic rings. The van der Waals surface area contributed by atoms with Gasteiger partial charge in [-0.3, -0.25) is 10.1 Å². The van der Waals surface area contributed by atoms with Crippen molar-refractivity contribution in [2.45, 2.75) is 26.2 Å². The molecule has 2 rings (SSSR count). The van der Waals surface area contributed by atoms with Crippen LogP contribution in [0.15, 0.2) is 16.6 Å². The second kappa shape index (κ2) is 6.54. The van der Waals surface area contributed by atoms with Crippen LogP contribution in [-0.2, 0) is 0 Å². The standard InChI is InChI=1S/C14H19BrN2O3/c1-10-7-14(12(15)8-13(10)17(19)20)16-5-2-3-11(9-16)4-6-18/h7-8,11,18H,2-6,9H2,1H3. The van der Waals surface area contributed by atoms with Gasteiger partial charge in [-0.25, -0.2) is 0 Å². The molecule has 110 valence electrons. The lowest BCUT2D eigenvalue weighted by Gasteiger charge is -2.35. The molecule has 1 N–H and O–H groups in total. The van der Waals surface area contributed by atoms with Crippen molar-refractivity contribution >= 4 is 27.3 Å². The third-order valence-corrected chi connectivity index (χ3v) is 4.49. The van der Waals surface area contributed by atoms with Gasteiger partial charge in [-0.15, -0.1) is 0 Å². The second-order valence-corrected chi connectivity index (χ2v) is 6.17. The number of aliphatic hydroxyl groups excluding tert-OH is 1. The van der Waals surface area contributed by atoms with Gasteiger partial charge in [-0.05, 0) is 54.1 Å². The summed E-state index contributed by atoms with van der Waals surface area (Å²) in [5, 5.41) is 20.0. The summed E-state index contributed by atoms with van der Waals surface area (Å²) in [7, 11) is 0. The minimum Gasteiger partial charge on any atom is -0.396 e. The van der Waals surface area contributed by atoms with E-state index in [0.717, 1.165) is 42.5 Å². The van der Waals surface area contributed by atoms with Crippen LogP contribution in [0.25, 0.3) is 0 Å². The Hall–Kier alpha value is -1.14. The maximum atomic E-state index is 10.9. The quantitative estimate of drug-likeness (QED) is 0.673. The van der Waals surface area contributed by atoms with Crippen molar-refractivity contribution < 1.29 is 10.0 Å². The fraction of sp³-hybridized carbons (Fsp3) is 0.571. The fourth-order valence-electron chi connectivity index (χ4n) is 2.80. The molecule has 1 aromatic carbocycles. The number of hydrogen-bond acceptors (Lipinski definition) is 4. The number of nitrogens with zero attached hydrogens (tertiary/aromatic N) is 2. The predicted molar refractivity (Wildman–Crippen MR) is 82.2 cm³/mol. The number of anilines is 1. The minimum atomic E-state index is -0.353. The molecule has 20 heavy (non-hydrogen) atoms. The molecule has 0 aromatic heterocycles. The van der Waals surface area contributed by atoms with Crippen LogP contribution in [0.3, 0.4) is 0 Å². The van der Waals surface area contributed by atoms with E-state index in [0.29, 0.717) is 11.5 Å². The van der Waals surface area contributed by atoms with Gasteiger partial charge >= 0.3 is 0 Å². The Labute approximate surface area is 126 Å². The van der Waals surface area contributed by atoms with Crippen molar-refractivity contribution in [2.24, 2.45) is 5.92 Å². The molecule has 1 aliphatic rings. The normalized spacial score (nSPS) is 19.1. The van der Waals surface area contributed by atoms with E-state index >= 15 is 0 Å². The molecule has 1 atom stereocenters. The van der Waals surface area contributed by atoms with Crippen LogP contribution in [0.5, 0.6) is 0 Å². The topological polar surface area (TPSA) is 66.6 Å². The number of piperidine rings is 1. The van der Waals surface area contributed by atoms with Crippen LogP contribution < -0.4 is 4.90 Å². The average molecular weight is 343 g/mol. The van der Waals surface area contributed by atoms with Crippen LogP contribution in [-0.4, -0.2) is 29.7 Å². The van der Waals surface area contributed by atoms with Crippen molar-refractivity contribution in [3.05, 3.63) is 32.3 Å². The van der Waals surface area contributed by atoms with Gasteiger partial charge in [0.15, 0.2) is 0 Å². The number of aliphatic hydroxyl groups is 1. The molecule has 5 nitrogen and oxygen atoms in total. The van der Waals surface area contributed by atoms with Crippen LogP contribution in [0.1, 0.15) is 24.8 Å². The number of rotatable bonds is 4. The SMILES string of the molecule is Cc1cc(N2CCCC(CCO)C2)c(Br)cc1[N+](=O)[O-]. The van der Waals surface area contributed by atoms with E-state index in [9.17, 15) is 10.1 Å². The first kappa shape index (κ1) is 15.3. The molecular weight excluding hydrogens is 324 g/mol. The number of benzene rings is 1. The number of aryl methyl sites for hydroxylation is 1. The summed E-state index contributed by atoms with van der Waals surface area (Å²) < 4.78 is 0.763. The number of nitro benzene ring substituents is 1. The average Bonchev–Trinajstić information content (AvgIpc) is 2.41. The van der Waals surface area contributed by atoms with Crippen LogP contribution in [0.4, 0.5) is 11.4 Å². The summed E-state index contributed by atoms with van der Waals surface area (Å²) in [5.74, 6) is 0.496. The van der Waals surface area contributed by atoms with Gasteiger partial charge in [0.25, 0.3) is 5.69 Å². The highest BCUT2D eigenvalue weighted by Crippen LogP contribution is 2.35. The van der Waals surface area contributed by atoms with Crippen LogP contribution in [0, 0.1) is 23.0 Å². The monoisotopic (exact) mass is 342 g/mol. The van der Waals surface area contributed by atoms with E-state index in [1.54, 1.807) is 13.0 Å². The zero-order valence-electron chi connectivity index (χ0n) is 11.5. The molecule has 1 aliphatic heterocycles. The van der Waals surface area contributed by atoms with E-state index in [-0.39, 0.29) is 17.2 Å². The fourth-order valence-corrected chi connectivity index (χ4v) is 3.38. The Balaban J connectivity index is 2.24. The summed E-state index contributed by atoms with van der Waals surface area (Å²) in [5.41, 5.74) is 1.83. The molecule has 0 aliphatic carbocycles. The lowest BCUT2D eigenvalue weighted by atomic mass is 9.94. The summed E-state index contributed by atoms with van der Waals surface area (Å²) in [6.07, 6.45) is 3.05. The minimum absolute atomic E-state index is 0.143.